The summed E-state index contributed by atoms with van der Waals surface area (Å²) in [4.78, 5) is 4.58. The molecule has 0 radical (unpaired) electrons. The summed E-state index contributed by atoms with van der Waals surface area (Å²) >= 11 is 1.62. The highest BCUT2D eigenvalue weighted by Crippen LogP contribution is 2.32. The van der Waals surface area contributed by atoms with Crippen molar-refractivity contribution in [2.45, 2.75) is 45.1 Å². The van der Waals surface area contributed by atoms with Crippen molar-refractivity contribution < 1.29 is 5.11 Å². The van der Waals surface area contributed by atoms with Gasteiger partial charge in [-0.05, 0) is 43.9 Å². The Kier molecular flexibility index (Phi) is 3.60. The van der Waals surface area contributed by atoms with Gasteiger partial charge in [0.15, 0.2) is 5.13 Å². The molecule has 1 heterocycles. The second-order valence-electron chi connectivity index (χ2n) is 5.50. The zero-order chi connectivity index (χ0) is 13.2. The molecule has 0 amide bonds. The van der Waals surface area contributed by atoms with Gasteiger partial charge in [0, 0.05) is 6.04 Å². The molecule has 4 heteroatoms. The van der Waals surface area contributed by atoms with Crippen molar-refractivity contribution in [3.8, 4) is 5.75 Å². The molecule has 0 aliphatic heterocycles. The van der Waals surface area contributed by atoms with Gasteiger partial charge in [-0.1, -0.05) is 30.6 Å². The SMILES string of the molecule is C[C@H](Nc1nc2ccc(O)cc2s1)C1CCCCC1. The number of fused-ring (bicyclic) bond motifs is 1. The number of aromatic hydroxyl groups is 1. The van der Waals surface area contributed by atoms with Gasteiger partial charge in [-0.2, -0.15) is 0 Å². The standard InChI is InChI=1S/C15H20N2OS/c1-10(11-5-3-2-4-6-11)16-15-17-13-8-7-12(18)9-14(13)19-15/h7-11,18H,2-6H2,1H3,(H,16,17)/t10-/m0/s1. The fourth-order valence-electron chi connectivity index (χ4n) is 2.92. The molecule has 3 nitrogen and oxygen atoms in total. The summed E-state index contributed by atoms with van der Waals surface area (Å²) < 4.78 is 1.04. The lowest BCUT2D eigenvalue weighted by molar-refractivity contribution is 0.328. The highest BCUT2D eigenvalue weighted by molar-refractivity contribution is 7.22. The lowest BCUT2D eigenvalue weighted by Gasteiger charge is -2.28. The van der Waals surface area contributed by atoms with Crippen LogP contribution in [0.15, 0.2) is 18.2 Å². The molecule has 1 saturated carbocycles. The quantitative estimate of drug-likeness (QED) is 0.874. The molecule has 0 saturated heterocycles. The number of hydrogen-bond acceptors (Lipinski definition) is 4. The minimum atomic E-state index is 0.308. The van der Waals surface area contributed by atoms with Crippen molar-refractivity contribution >= 4 is 26.7 Å². The fraction of sp³-hybridized carbons (Fsp3) is 0.533. The largest absolute Gasteiger partial charge is 0.508 e. The zero-order valence-electron chi connectivity index (χ0n) is 11.2. The smallest absolute Gasteiger partial charge is 0.184 e. The summed E-state index contributed by atoms with van der Waals surface area (Å²) in [5.41, 5.74) is 0.959. The number of anilines is 1. The normalized spacial score (nSPS) is 18.6. The Labute approximate surface area is 117 Å². The predicted molar refractivity (Wildman–Crippen MR) is 80.9 cm³/mol. The van der Waals surface area contributed by atoms with Crippen molar-refractivity contribution in [1.82, 2.24) is 4.98 Å². The minimum Gasteiger partial charge on any atom is -0.508 e. The molecule has 1 aromatic heterocycles. The van der Waals surface area contributed by atoms with E-state index in [-0.39, 0.29) is 0 Å². The second-order valence-corrected chi connectivity index (χ2v) is 6.53. The number of thiazole rings is 1. The Morgan fingerprint density at radius 2 is 2.11 bits per heavy atom. The van der Waals surface area contributed by atoms with E-state index >= 15 is 0 Å². The van der Waals surface area contributed by atoms with Crippen LogP contribution in [0.4, 0.5) is 5.13 Å². The van der Waals surface area contributed by atoms with Crippen LogP contribution in [0.2, 0.25) is 0 Å². The van der Waals surface area contributed by atoms with E-state index < -0.39 is 0 Å². The minimum absolute atomic E-state index is 0.308. The third-order valence-electron chi connectivity index (χ3n) is 4.08. The molecule has 2 N–H and O–H groups in total. The molecule has 0 spiro atoms. The van der Waals surface area contributed by atoms with Gasteiger partial charge in [0.05, 0.1) is 10.2 Å². The molecule has 102 valence electrons. The summed E-state index contributed by atoms with van der Waals surface area (Å²) in [5.74, 6) is 1.08. The van der Waals surface area contributed by atoms with Crippen molar-refractivity contribution in [1.29, 1.82) is 0 Å². The Bertz CT molecular complexity index is 560. The van der Waals surface area contributed by atoms with Gasteiger partial charge in [0.2, 0.25) is 0 Å². The number of aromatic nitrogens is 1. The zero-order valence-corrected chi connectivity index (χ0v) is 12.0. The lowest BCUT2D eigenvalue weighted by Crippen LogP contribution is -2.27. The van der Waals surface area contributed by atoms with Crippen LogP contribution in [-0.4, -0.2) is 16.1 Å². The molecule has 1 aliphatic carbocycles. The topological polar surface area (TPSA) is 45.2 Å². The van der Waals surface area contributed by atoms with Crippen LogP contribution in [0.5, 0.6) is 5.75 Å². The Balaban J connectivity index is 1.73. The van der Waals surface area contributed by atoms with Gasteiger partial charge in [-0.15, -0.1) is 0 Å². The lowest BCUT2D eigenvalue weighted by atomic mass is 9.85. The van der Waals surface area contributed by atoms with Gasteiger partial charge < -0.3 is 10.4 Å². The van der Waals surface area contributed by atoms with E-state index in [2.05, 4.69) is 17.2 Å². The van der Waals surface area contributed by atoms with Crippen LogP contribution in [0.25, 0.3) is 10.2 Å². The van der Waals surface area contributed by atoms with Crippen molar-refractivity contribution in [3.63, 3.8) is 0 Å². The van der Waals surface area contributed by atoms with Crippen LogP contribution >= 0.6 is 11.3 Å². The van der Waals surface area contributed by atoms with Crippen LogP contribution < -0.4 is 5.32 Å². The second kappa shape index (κ2) is 5.37. The Morgan fingerprint density at radius 1 is 1.32 bits per heavy atom. The molecular formula is C15H20N2OS. The average molecular weight is 276 g/mol. The molecule has 3 rings (SSSR count). The summed E-state index contributed by atoms with van der Waals surface area (Å²) in [6.07, 6.45) is 6.79. The van der Waals surface area contributed by atoms with E-state index in [1.54, 1.807) is 23.5 Å². The first-order valence-corrected chi connectivity index (χ1v) is 7.90. The summed E-state index contributed by atoms with van der Waals surface area (Å²) in [5, 5.41) is 14.0. The first kappa shape index (κ1) is 12.7. The maximum absolute atomic E-state index is 9.48. The number of rotatable bonds is 3. The molecular weight excluding hydrogens is 256 g/mol. The molecule has 0 unspecified atom stereocenters. The summed E-state index contributed by atoms with van der Waals surface area (Å²) in [7, 11) is 0. The third kappa shape index (κ3) is 2.84. The summed E-state index contributed by atoms with van der Waals surface area (Å²) in [6, 6.07) is 5.83. The molecule has 1 aromatic carbocycles. The molecule has 1 aliphatic rings. The van der Waals surface area contributed by atoms with Crippen LogP contribution in [0, 0.1) is 5.92 Å². The van der Waals surface area contributed by atoms with Crippen LogP contribution in [0.1, 0.15) is 39.0 Å². The van der Waals surface area contributed by atoms with E-state index in [0.29, 0.717) is 11.8 Å². The van der Waals surface area contributed by atoms with Crippen molar-refractivity contribution in [3.05, 3.63) is 18.2 Å². The van der Waals surface area contributed by atoms with E-state index in [1.165, 1.54) is 32.1 Å². The van der Waals surface area contributed by atoms with E-state index in [0.717, 1.165) is 21.3 Å². The van der Waals surface area contributed by atoms with Crippen molar-refractivity contribution in [2.24, 2.45) is 5.92 Å². The van der Waals surface area contributed by atoms with Crippen LogP contribution in [-0.2, 0) is 0 Å². The van der Waals surface area contributed by atoms with Gasteiger partial charge in [0.25, 0.3) is 0 Å². The first-order valence-electron chi connectivity index (χ1n) is 7.08. The Hall–Kier alpha value is -1.29. The van der Waals surface area contributed by atoms with Crippen LogP contribution in [0.3, 0.4) is 0 Å². The fourth-order valence-corrected chi connectivity index (χ4v) is 3.92. The number of nitrogens with zero attached hydrogens (tertiary/aromatic N) is 1. The molecule has 0 bridgehead atoms. The van der Waals surface area contributed by atoms with Gasteiger partial charge in [0.1, 0.15) is 5.75 Å². The van der Waals surface area contributed by atoms with E-state index in [9.17, 15) is 5.11 Å². The monoisotopic (exact) mass is 276 g/mol. The number of phenolic OH excluding ortho intramolecular Hbond substituents is 1. The number of hydrogen-bond donors (Lipinski definition) is 2. The Morgan fingerprint density at radius 3 is 2.89 bits per heavy atom. The third-order valence-corrected chi connectivity index (χ3v) is 5.03. The highest BCUT2D eigenvalue weighted by Gasteiger charge is 2.20. The molecule has 19 heavy (non-hydrogen) atoms. The first-order chi connectivity index (χ1) is 9.22. The maximum Gasteiger partial charge on any atom is 0.184 e. The van der Waals surface area contributed by atoms with E-state index in [4.69, 9.17) is 0 Å². The number of phenols is 1. The number of nitrogens with one attached hydrogen (secondary N) is 1. The van der Waals surface area contributed by atoms with Crippen molar-refractivity contribution in [2.75, 3.05) is 5.32 Å². The molecule has 2 aromatic rings. The highest BCUT2D eigenvalue weighted by atomic mass is 32.1. The summed E-state index contributed by atoms with van der Waals surface area (Å²) in [6.45, 7) is 2.26. The molecule has 1 fully saturated rings. The number of benzene rings is 1. The van der Waals surface area contributed by atoms with Gasteiger partial charge in [-0.3, -0.25) is 0 Å². The molecule has 1 atom stereocenters. The van der Waals surface area contributed by atoms with Gasteiger partial charge >= 0.3 is 0 Å². The average Bonchev–Trinajstić information content (AvgIpc) is 2.81. The van der Waals surface area contributed by atoms with Gasteiger partial charge in [-0.25, -0.2) is 4.98 Å². The predicted octanol–water partition coefficient (Wildman–Crippen LogP) is 4.38. The van der Waals surface area contributed by atoms with E-state index in [1.807, 2.05) is 6.07 Å². The maximum atomic E-state index is 9.48.